The first-order chi connectivity index (χ1) is 20.9. The molecule has 1 fully saturated rings. The van der Waals surface area contributed by atoms with Gasteiger partial charge < -0.3 is 19.7 Å². The van der Waals surface area contributed by atoms with Gasteiger partial charge in [-0.2, -0.15) is 0 Å². The van der Waals surface area contributed by atoms with Crippen molar-refractivity contribution in [3.05, 3.63) is 124 Å². The fourth-order valence-corrected chi connectivity index (χ4v) is 7.30. The summed E-state index contributed by atoms with van der Waals surface area (Å²) in [5.74, 6) is -1.06. The Hall–Kier alpha value is -4.69. The Labute approximate surface area is 257 Å². The molecule has 0 radical (unpaired) electrons. The Morgan fingerprint density at radius 1 is 0.837 bits per heavy atom. The number of fused-ring (bicyclic) bond motifs is 6. The molecule has 0 unspecified atom stereocenters. The van der Waals surface area contributed by atoms with E-state index in [1.165, 1.54) is 14.2 Å². The molecule has 1 spiro atoms. The number of carbonyl (C=O) groups is 3. The molecule has 7 nitrogen and oxygen atoms in total. The minimum absolute atomic E-state index is 0.284. The van der Waals surface area contributed by atoms with E-state index in [9.17, 15) is 14.4 Å². The predicted octanol–water partition coefficient (Wildman–Crippen LogP) is 6.32. The van der Waals surface area contributed by atoms with Gasteiger partial charge >= 0.3 is 0 Å². The number of Topliss-reactive ketones (excluding diaryl/α,β-unsaturated/α-hetero) is 2. The van der Waals surface area contributed by atoms with E-state index in [0.717, 1.165) is 15.7 Å². The molecule has 1 saturated heterocycles. The number of anilines is 2. The van der Waals surface area contributed by atoms with Crippen molar-refractivity contribution >= 4 is 50.9 Å². The Morgan fingerprint density at radius 3 is 2.23 bits per heavy atom. The number of nitrogens with zero attached hydrogens (tertiary/aromatic N) is 1. The van der Waals surface area contributed by atoms with Crippen molar-refractivity contribution in [2.24, 2.45) is 5.92 Å². The zero-order valence-corrected chi connectivity index (χ0v) is 25.0. The van der Waals surface area contributed by atoms with Crippen molar-refractivity contribution in [1.82, 2.24) is 0 Å². The van der Waals surface area contributed by atoms with Crippen LogP contribution in [0, 0.1) is 5.92 Å². The second-order valence-electron chi connectivity index (χ2n) is 10.9. The van der Waals surface area contributed by atoms with Crippen LogP contribution in [0.25, 0.3) is 6.08 Å². The molecule has 3 aliphatic rings. The first kappa shape index (κ1) is 27.2. The van der Waals surface area contributed by atoms with Crippen LogP contribution in [-0.4, -0.2) is 43.8 Å². The van der Waals surface area contributed by atoms with Crippen molar-refractivity contribution in [3.8, 4) is 11.5 Å². The first-order valence-electron chi connectivity index (χ1n) is 13.9. The van der Waals surface area contributed by atoms with Gasteiger partial charge in [-0.05, 0) is 47.5 Å². The van der Waals surface area contributed by atoms with Gasteiger partial charge in [0.2, 0.25) is 5.91 Å². The molecular weight excluding hydrogens is 608 g/mol. The molecule has 0 aromatic heterocycles. The summed E-state index contributed by atoms with van der Waals surface area (Å²) >= 11 is 3.46. The number of rotatable bonds is 6. The van der Waals surface area contributed by atoms with E-state index in [0.29, 0.717) is 33.9 Å². The maximum atomic E-state index is 14.9. The molecule has 3 aliphatic heterocycles. The summed E-state index contributed by atoms with van der Waals surface area (Å²) in [5, 5.41) is 3.06. The lowest BCUT2D eigenvalue weighted by Crippen LogP contribution is -2.51. The van der Waals surface area contributed by atoms with Gasteiger partial charge in [0, 0.05) is 33.0 Å². The van der Waals surface area contributed by atoms with E-state index < -0.39 is 23.4 Å². The lowest BCUT2D eigenvalue weighted by atomic mass is 9.64. The summed E-state index contributed by atoms with van der Waals surface area (Å²) in [6, 6.07) is 25.6. The number of hydrogen-bond donors (Lipinski definition) is 1. The number of carbonyl (C=O) groups excluding carboxylic acids is 3. The number of benzene rings is 4. The van der Waals surface area contributed by atoms with Crippen LogP contribution < -0.4 is 19.7 Å². The number of nitrogens with one attached hydrogen (secondary N) is 1. The van der Waals surface area contributed by atoms with Gasteiger partial charge in [-0.25, -0.2) is 0 Å². The summed E-state index contributed by atoms with van der Waals surface area (Å²) in [4.78, 5) is 46.2. The van der Waals surface area contributed by atoms with Gasteiger partial charge in [-0.1, -0.05) is 76.6 Å². The summed E-state index contributed by atoms with van der Waals surface area (Å²) in [6.45, 7) is 0. The smallest absolute Gasteiger partial charge is 0.238 e. The summed E-state index contributed by atoms with van der Waals surface area (Å²) in [6.07, 6.45) is 3.94. The van der Waals surface area contributed by atoms with E-state index in [4.69, 9.17) is 9.47 Å². The van der Waals surface area contributed by atoms with Crippen LogP contribution in [0.15, 0.2) is 102 Å². The van der Waals surface area contributed by atoms with Crippen LogP contribution in [0.1, 0.15) is 31.8 Å². The molecule has 7 rings (SSSR count). The minimum atomic E-state index is -1.38. The van der Waals surface area contributed by atoms with Crippen LogP contribution >= 0.6 is 15.9 Å². The van der Waals surface area contributed by atoms with Crippen molar-refractivity contribution < 1.29 is 23.9 Å². The normalized spacial score (nSPS) is 22.9. The fourth-order valence-electron chi connectivity index (χ4n) is 7.03. The lowest BCUT2D eigenvalue weighted by Gasteiger charge is -2.37. The molecule has 4 aromatic rings. The Bertz CT molecular complexity index is 1810. The largest absolute Gasteiger partial charge is 0.497 e. The van der Waals surface area contributed by atoms with E-state index in [1.807, 2.05) is 65.6 Å². The standard InChI is InChI=1S/C35H27BrN2O5/c1-42-24-17-22(18-25(19-24)43-2)33(40)31-30(32(39)21-11-14-23(36)15-12-21)35(26-8-4-5-9-27(26)37-34(35)41)29-16-13-20-7-3-6-10-28(20)38(29)31/h3-19,29-31H,1-2H3,(H,37,41)/t29-,30+,31-,35-/m0/s1. The quantitative estimate of drug-likeness (QED) is 0.250. The third kappa shape index (κ3) is 3.97. The molecule has 3 heterocycles. The Morgan fingerprint density at radius 2 is 1.51 bits per heavy atom. The summed E-state index contributed by atoms with van der Waals surface area (Å²) in [7, 11) is 3.05. The third-order valence-electron chi connectivity index (χ3n) is 8.86. The van der Waals surface area contributed by atoms with Crippen LogP contribution in [0.4, 0.5) is 11.4 Å². The summed E-state index contributed by atoms with van der Waals surface area (Å²) < 4.78 is 11.8. The number of halogens is 1. The highest BCUT2D eigenvalue weighted by Gasteiger charge is 2.70. The highest BCUT2D eigenvalue weighted by molar-refractivity contribution is 9.10. The van der Waals surface area contributed by atoms with Crippen molar-refractivity contribution in [3.63, 3.8) is 0 Å². The van der Waals surface area contributed by atoms with E-state index >= 15 is 0 Å². The van der Waals surface area contributed by atoms with E-state index in [2.05, 4.69) is 21.2 Å². The average molecular weight is 636 g/mol. The lowest BCUT2D eigenvalue weighted by molar-refractivity contribution is -0.121. The van der Waals surface area contributed by atoms with Crippen LogP contribution in [0.5, 0.6) is 11.5 Å². The number of ether oxygens (including phenoxy) is 2. The van der Waals surface area contributed by atoms with Gasteiger partial charge in [-0.3, -0.25) is 14.4 Å². The second kappa shape index (κ2) is 10.2. The van der Waals surface area contributed by atoms with Crippen molar-refractivity contribution in [1.29, 1.82) is 0 Å². The SMILES string of the molecule is COc1cc(OC)cc(C(=O)[C@@H]2[C@H](C(=O)c3ccc(Br)cc3)[C@@]3(C(=O)Nc4ccccc43)[C@@H]3C=Cc4ccccc4N23)c1. The van der Waals surface area contributed by atoms with Crippen LogP contribution in [0.2, 0.25) is 0 Å². The number of methoxy groups -OCH3 is 2. The number of para-hydroxylation sites is 2. The molecule has 0 saturated carbocycles. The molecule has 1 amide bonds. The van der Waals surface area contributed by atoms with Crippen LogP contribution in [-0.2, 0) is 10.2 Å². The zero-order valence-electron chi connectivity index (χ0n) is 23.4. The zero-order chi connectivity index (χ0) is 29.9. The number of ketones is 2. The van der Waals surface area contributed by atoms with E-state index in [-0.39, 0.29) is 17.5 Å². The number of hydrogen-bond acceptors (Lipinski definition) is 6. The average Bonchev–Trinajstić information content (AvgIpc) is 3.52. The van der Waals surface area contributed by atoms with Gasteiger partial charge in [0.05, 0.1) is 26.2 Å². The molecule has 4 atom stereocenters. The Kier molecular flexibility index (Phi) is 6.47. The van der Waals surface area contributed by atoms with Gasteiger partial charge in [-0.15, -0.1) is 0 Å². The number of amides is 1. The maximum Gasteiger partial charge on any atom is 0.238 e. The topological polar surface area (TPSA) is 84.9 Å². The van der Waals surface area contributed by atoms with Gasteiger partial charge in [0.15, 0.2) is 11.6 Å². The maximum absolute atomic E-state index is 14.9. The molecule has 0 aliphatic carbocycles. The molecule has 1 N–H and O–H groups in total. The molecule has 0 bridgehead atoms. The molecule has 4 aromatic carbocycles. The summed E-state index contributed by atoms with van der Waals surface area (Å²) in [5.41, 5.74) is 2.39. The third-order valence-corrected chi connectivity index (χ3v) is 9.39. The minimum Gasteiger partial charge on any atom is -0.497 e. The second-order valence-corrected chi connectivity index (χ2v) is 11.8. The fraction of sp³-hybridized carbons (Fsp3) is 0.171. The van der Waals surface area contributed by atoms with E-state index in [1.54, 1.807) is 42.5 Å². The Balaban J connectivity index is 1.53. The van der Waals surface area contributed by atoms with Crippen molar-refractivity contribution in [2.75, 3.05) is 24.4 Å². The molecular formula is C35H27BrN2O5. The predicted molar refractivity (Wildman–Crippen MR) is 168 cm³/mol. The van der Waals surface area contributed by atoms with Crippen LogP contribution in [0.3, 0.4) is 0 Å². The van der Waals surface area contributed by atoms with Gasteiger partial charge in [0.1, 0.15) is 23.0 Å². The molecule has 214 valence electrons. The molecule has 43 heavy (non-hydrogen) atoms. The van der Waals surface area contributed by atoms with Gasteiger partial charge in [0.25, 0.3) is 0 Å². The highest BCUT2D eigenvalue weighted by atomic mass is 79.9. The highest BCUT2D eigenvalue weighted by Crippen LogP contribution is 2.58. The molecule has 8 heteroatoms. The first-order valence-corrected chi connectivity index (χ1v) is 14.7. The monoisotopic (exact) mass is 634 g/mol. The van der Waals surface area contributed by atoms with Crippen molar-refractivity contribution in [2.45, 2.75) is 17.5 Å².